The average molecular weight is 342 g/mol. The zero-order chi connectivity index (χ0) is 17.9. The van der Waals surface area contributed by atoms with Crippen molar-refractivity contribution in [2.24, 2.45) is 5.10 Å². The third kappa shape index (κ3) is 3.17. The van der Waals surface area contributed by atoms with Gasteiger partial charge in [0.2, 0.25) is 0 Å². The molecule has 0 fully saturated rings. The Morgan fingerprint density at radius 3 is 2.46 bits per heavy atom. The number of benzene rings is 2. The van der Waals surface area contributed by atoms with Crippen molar-refractivity contribution in [1.82, 2.24) is 24.7 Å². The maximum atomic E-state index is 4.83. The van der Waals surface area contributed by atoms with Crippen LogP contribution in [0.4, 0.5) is 0 Å². The van der Waals surface area contributed by atoms with Gasteiger partial charge < -0.3 is 0 Å². The Balaban J connectivity index is 1.83. The van der Waals surface area contributed by atoms with Gasteiger partial charge in [-0.3, -0.25) is 0 Å². The summed E-state index contributed by atoms with van der Waals surface area (Å²) in [5.41, 5.74) is 6.33. The van der Waals surface area contributed by atoms with E-state index >= 15 is 0 Å². The molecule has 0 atom stereocenters. The molecule has 128 valence electrons. The molecule has 26 heavy (non-hydrogen) atoms. The molecule has 2 aromatic carbocycles. The van der Waals surface area contributed by atoms with Crippen LogP contribution in [0.25, 0.3) is 16.9 Å². The summed E-state index contributed by atoms with van der Waals surface area (Å²) in [4.78, 5) is 0. The quantitative estimate of drug-likeness (QED) is 0.532. The molecule has 0 spiro atoms. The summed E-state index contributed by atoms with van der Waals surface area (Å²) < 4.78 is 3.44. The van der Waals surface area contributed by atoms with Crippen molar-refractivity contribution in [3.63, 3.8) is 0 Å². The topological polar surface area (TPSA) is 60.9 Å². The van der Waals surface area contributed by atoms with Gasteiger partial charge in [-0.05, 0) is 31.5 Å². The molecular formula is C20H18N6. The molecule has 0 aliphatic carbocycles. The molecule has 0 aliphatic heterocycles. The number of para-hydroxylation sites is 1. The van der Waals surface area contributed by atoms with E-state index in [9.17, 15) is 0 Å². The molecule has 0 bridgehead atoms. The number of nitrogens with zero attached hydrogens (tertiary/aromatic N) is 6. The summed E-state index contributed by atoms with van der Waals surface area (Å²) in [5.74, 6) is 0. The lowest BCUT2D eigenvalue weighted by Gasteiger charge is -2.05. The fourth-order valence-corrected chi connectivity index (χ4v) is 2.87. The highest BCUT2D eigenvalue weighted by Crippen LogP contribution is 2.26. The van der Waals surface area contributed by atoms with Gasteiger partial charge in [0.25, 0.3) is 0 Å². The van der Waals surface area contributed by atoms with Crippen molar-refractivity contribution in [3.05, 3.63) is 84.1 Å². The Morgan fingerprint density at radius 1 is 0.962 bits per heavy atom. The molecule has 0 saturated heterocycles. The summed E-state index contributed by atoms with van der Waals surface area (Å²) in [6.45, 7) is 4.19. The van der Waals surface area contributed by atoms with Gasteiger partial charge in [-0.25, -0.2) is 9.36 Å². The molecule has 0 radical (unpaired) electrons. The first-order chi connectivity index (χ1) is 12.7. The van der Waals surface area contributed by atoms with Crippen molar-refractivity contribution < 1.29 is 0 Å². The Labute approximate surface area is 151 Å². The largest absolute Gasteiger partial charge is 0.240 e. The van der Waals surface area contributed by atoms with Crippen LogP contribution in [0.1, 0.15) is 16.7 Å². The van der Waals surface area contributed by atoms with Crippen molar-refractivity contribution in [1.29, 1.82) is 0 Å². The van der Waals surface area contributed by atoms with Crippen LogP contribution in [0.5, 0.6) is 0 Å². The van der Waals surface area contributed by atoms with E-state index in [-0.39, 0.29) is 0 Å². The first kappa shape index (κ1) is 16.0. The Kier molecular flexibility index (Phi) is 4.15. The Morgan fingerprint density at radius 2 is 1.73 bits per heavy atom. The second-order valence-corrected chi connectivity index (χ2v) is 6.12. The maximum Gasteiger partial charge on any atom is 0.141 e. The van der Waals surface area contributed by atoms with E-state index in [1.807, 2.05) is 41.2 Å². The maximum absolute atomic E-state index is 4.83. The normalized spacial score (nSPS) is 11.3. The Hall–Kier alpha value is -3.54. The van der Waals surface area contributed by atoms with E-state index in [2.05, 4.69) is 47.3 Å². The molecule has 0 aliphatic rings. The van der Waals surface area contributed by atoms with Crippen LogP contribution >= 0.6 is 0 Å². The summed E-state index contributed by atoms with van der Waals surface area (Å²) in [6, 6.07) is 16.4. The summed E-state index contributed by atoms with van der Waals surface area (Å²) in [5, 5.41) is 16.8. The standard InChI is InChI=1S/C20H18N6/c1-15-8-9-19(16(2)10-15)20-17(11-23-25-13-21-22-14-25)12-26(24-20)18-6-4-3-5-7-18/h3-14H,1-2H3/b23-11-. The van der Waals surface area contributed by atoms with Gasteiger partial charge in [-0.2, -0.15) is 10.2 Å². The molecule has 4 aromatic rings. The lowest BCUT2D eigenvalue weighted by Crippen LogP contribution is -1.94. The second kappa shape index (κ2) is 6.76. The lowest BCUT2D eigenvalue weighted by atomic mass is 10.0. The molecule has 6 heteroatoms. The van der Waals surface area contributed by atoms with E-state index in [1.165, 1.54) is 11.1 Å². The molecule has 6 nitrogen and oxygen atoms in total. The highest BCUT2D eigenvalue weighted by molar-refractivity contribution is 5.89. The Bertz CT molecular complexity index is 1050. The molecule has 0 saturated carbocycles. The number of hydrogen-bond acceptors (Lipinski definition) is 4. The summed E-state index contributed by atoms with van der Waals surface area (Å²) in [7, 11) is 0. The number of hydrogen-bond donors (Lipinski definition) is 0. The third-order valence-electron chi connectivity index (χ3n) is 4.14. The molecule has 0 unspecified atom stereocenters. The number of aromatic nitrogens is 5. The molecule has 2 aromatic heterocycles. The van der Waals surface area contributed by atoms with Gasteiger partial charge in [-0.1, -0.05) is 42.0 Å². The van der Waals surface area contributed by atoms with Gasteiger partial charge in [0.1, 0.15) is 18.3 Å². The lowest BCUT2D eigenvalue weighted by molar-refractivity contribution is 0.877. The van der Waals surface area contributed by atoms with Gasteiger partial charge >= 0.3 is 0 Å². The minimum atomic E-state index is 0.892. The second-order valence-electron chi connectivity index (χ2n) is 6.12. The SMILES string of the molecule is Cc1ccc(-c2nn(-c3ccccc3)cc2/C=N\n2cnnc2)c(C)c1. The molecule has 0 N–H and O–H groups in total. The fourth-order valence-electron chi connectivity index (χ4n) is 2.87. The van der Waals surface area contributed by atoms with Crippen LogP contribution in [0.2, 0.25) is 0 Å². The predicted molar refractivity (Wildman–Crippen MR) is 101 cm³/mol. The molecule has 0 amide bonds. The average Bonchev–Trinajstić information content (AvgIpc) is 3.30. The summed E-state index contributed by atoms with van der Waals surface area (Å²) in [6.07, 6.45) is 6.87. The molecule has 2 heterocycles. The van der Waals surface area contributed by atoms with Crippen molar-refractivity contribution >= 4 is 6.21 Å². The van der Waals surface area contributed by atoms with E-state index in [4.69, 9.17) is 5.10 Å². The smallest absolute Gasteiger partial charge is 0.141 e. The van der Waals surface area contributed by atoms with Crippen LogP contribution in [0.15, 0.2) is 72.5 Å². The van der Waals surface area contributed by atoms with Gasteiger partial charge in [0, 0.05) is 17.3 Å². The zero-order valence-electron chi connectivity index (χ0n) is 14.6. The first-order valence-corrected chi connectivity index (χ1v) is 8.32. The number of rotatable bonds is 4. The van der Waals surface area contributed by atoms with E-state index in [1.54, 1.807) is 23.5 Å². The van der Waals surface area contributed by atoms with Crippen LogP contribution < -0.4 is 0 Å². The van der Waals surface area contributed by atoms with E-state index < -0.39 is 0 Å². The van der Waals surface area contributed by atoms with Crippen molar-refractivity contribution in [2.45, 2.75) is 13.8 Å². The van der Waals surface area contributed by atoms with Crippen LogP contribution in [-0.4, -0.2) is 30.9 Å². The van der Waals surface area contributed by atoms with Crippen LogP contribution in [-0.2, 0) is 0 Å². The zero-order valence-corrected chi connectivity index (χ0v) is 14.6. The highest BCUT2D eigenvalue weighted by atomic mass is 15.4. The van der Waals surface area contributed by atoms with Gasteiger partial charge in [-0.15, -0.1) is 10.2 Å². The fraction of sp³-hybridized carbons (Fsp3) is 0.100. The number of aryl methyl sites for hydroxylation is 2. The first-order valence-electron chi connectivity index (χ1n) is 8.32. The minimum Gasteiger partial charge on any atom is -0.240 e. The summed E-state index contributed by atoms with van der Waals surface area (Å²) >= 11 is 0. The van der Waals surface area contributed by atoms with Crippen molar-refractivity contribution in [2.75, 3.05) is 0 Å². The molecular weight excluding hydrogens is 324 g/mol. The van der Waals surface area contributed by atoms with Gasteiger partial charge in [0.15, 0.2) is 0 Å². The minimum absolute atomic E-state index is 0.892. The van der Waals surface area contributed by atoms with Crippen LogP contribution in [0.3, 0.4) is 0 Å². The highest BCUT2D eigenvalue weighted by Gasteiger charge is 2.13. The van der Waals surface area contributed by atoms with E-state index in [0.29, 0.717) is 0 Å². The van der Waals surface area contributed by atoms with Crippen LogP contribution in [0, 0.1) is 13.8 Å². The third-order valence-corrected chi connectivity index (χ3v) is 4.14. The van der Waals surface area contributed by atoms with Crippen molar-refractivity contribution in [3.8, 4) is 16.9 Å². The predicted octanol–water partition coefficient (Wildman–Crippen LogP) is 3.63. The van der Waals surface area contributed by atoms with Gasteiger partial charge in [0.05, 0.1) is 11.9 Å². The van der Waals surface area contributed by atoms with E-state index in [0.717, 1.165) is 22.5 Å². The molecule has 4 rings (SSSR count). The monoisotopic (exact) mass is 342 g/mol.